The fourth-order valence-corrected chi connectivity index (χ4v) is 1.78. The number of para-hydroxylation sites is 1. The quantitative estimate of drug-likeness (QED) is 0.287. The van der Waals surface area contributed by atoms with Crippen molar-refractivity contribution in [2.75, 3.05) is 18.2 Å². The van der Waals surface area contributed by atoms with E-state index in [0.717, 1.165) is 5.69 Å². The van der Waals surface area contributed by atoms with Crippen molar-refractivity contribution in [3.05, 3.63) is 41.7 Å². The second kappa shape index (κ2) is 8.71. The van der Waals surface area contributed by atoms with Gasteiger partial charge in [-0.15, -0.1) is 24.4 Å². The topological polar surface area (TPSA) is 50.7 Å². The number of ether oxygens (including phenoxy) is 1. The number of thiol groups is 1. The molecule has 0 heterocycles. The molecule has 0 amide bonds. The van der Waals surface area contributed by atoms with Crippen molar-refractivity contribution in [3.63, 3.8) is 0 Å². The van der Waals surface area contributed by atoms with E-state index in [2.05, 4.69) is 22.9 Å². The third-order valence-corrected chi connectivity index (χ3v) is 3.43. The van der Waals surface area contributed by atoms with Gasteiger partial charge < -0.3 is 10.1 Å². The molecule has 0 bridgehead atoms. The molecule has 4 nitrogen and oxygen atoms in total. The summed E-state index contributed by atoms with van der Waals surface area (Å²) in [6.45, 7) is 3.82. The first kappa shape index (κ1) is 16.7. The molecule has 6 heteroatoms. The summed E-state index contributed by atoms with van der Waals surface area (Å²) in [4.78, 5) is 16.3. The molecule has 0 saturated heterocycles. The van der Waals surface area contributed by atoms with Gasteiger partial charge >= 0.3 is 5.97 Å². The average molecular weight is 310 g/mol. The van der Waals surface area contributed by atoms with Gasteiger partial charge in [-0.2, -0.15) is 0 Å². The van der Waals surface area contributed by atoms with Crippen LogP contribution in [0.1, 0.15) is 13.8 Å². The normalized spacial score (nSPS) is 12.7. The van der Waals surface area contributed by atoms with E-state index in [1.807, 2.05) is 36.6 Å². The van der Waals surface area contributed by atoms with Crippen molar-refractivity contribution in [1.29, 1.82) is 0 Å². The van der Waals surface area contributed by atoms with Crippen LogP contribution < -0.4 is 5.32 Å². The van der Waals surface area contributed by atoms with E-state index >= 15 is 0 Å². The standard InChI is InChI=1S/C14H18N2O2S2/c1-4-18-13(17)12(10(2)15-14(19)20-3)16-11-8-6-5-7-9-11/h5-9,16H,4H2,1-3H3,(H,15,19)/b12-10-. The van der Waals surface area contributed by atoms with Crippen LogP contribution in [0, 0.1) is 0 Å². The van der Waals surface area contributed by atoms with Gasteiger partial charge in [-0.3, -0.25) is 0 Å². The SMILES string of the molecule is CCOC(=O)/C(Nc1ccccc1)=C(C)/N=C(\S)SC. The van der Waals surface area contributed by atoms with Crippen LogP contribution in [-0.2, 0) is 9.53 Å². The fourth-order valence-electron chi connectivity index (χ4n) is 1.40. The lowest BCUT2D eigenvalue weighted by molar-refractivity contribution is -0.138. The largest absolute Gasteiger partial charge is 0.461 e. The van der Waals surface area contributed by atoms with E-state index in [4.69, 9.17) is 4.74 Å². The van der Waals surface area contributed by atoms with Gasteiger partial charge in [0.05, 0.1) is 12.3 Å². The molecule has 20 heavy (non-hydrogen) atoms. The van der Waals surface area contributed by atoms with Gasteiger partial charge in [-0.05, 0) is 32.2 Å². The fraction of sp³-hybridized carbons (Fsp3) is 0.286. The zero-order valence-electron chi connectivity index (χ0n) is 11.7. The summed E-state index contributed by atoms with van der Waals surface area (Å²) < 4.78 is 5.63. The molecular weight excluding hydrogens is 292 g/mol. The molecule has 0 radical (unpaired) electrons. The predicted octanol–water partition coefficient (Wildman–Crippen LogP) is 3.54. The van der Waals surface area contributed by atoms with E-state index in [-0.39, 0.29) is 0 Å². The molecule has 1 aromatic carbocycles. The third-order valence-electron chi connectivity index (χ3n) is 2.33. The molecule has 1 aromatic rings. The van der Waals surface area contributed by atoms with Crippen LogP contribution in [0.2, 0.25) is 0 Å². The molecule has 0 aliphatic rings. The predicted molar refractivity (Wildman–Crippen MR) is 89.3 cm³/mol. The average Bonchev–Trinajstić information content (AvgIpc) is 2.45. The number of nitrogens with zero attached hydrogens (tertiary/aromatic N) is 1. The van der Waals surface area contributed by atoms with Crippen molar-refractivity contribution >= 4 is 40.4 Å². The monoisotopic (exact) mass is 310 g/mol. The van der Waals surface area contributed by atoms with Gasteiger partial charge in [0, 0.05) is 5.69 Å². The zero-order valence-corrected chi connectivity index (χ0v) is 13.4. The van der Waals surface area contributed by atoms with Crippen LogP contribution >= 0.6 is 24.4 Å². The van der Waals surface area contributed by atoms with Gasteiger partial charge in [0.2, 0.25) is 0 Å². The van der Waals surface area contributed by atoms with Gasteiger partial charge in [0.1, 0.15) is 10.1 Å². The summed E-state index contributed by atoms with van der Waals surface area (Å²) in [5, 5.41) is 3.05. The van der Waals surface area contributed by atoms with Crippen LogP contribution in [0.4, 0.5) is 5.69 Å². The minimum Gasteiger partial charge on any atom is -0.461 e. The number of anilines is 1. The Morgan fingerprint density at radius 1 is 1.40 bits per heavy atom. The van der Waals surface area contributed by atoms with E-state index in [1.54, 1.807) is 13.8 Å². The molecule has 0 aliphatic heterocycles. The Morgan fingerprint density at radius 2 is 2.05 bits per heavy atom. The minimum absolute atomic E-state index is 0.312. The number of esters is 1. The summed E-state index contributed by atoms with van der Waals surface area (Å²) in [5.74, 6) is -0.431. The molecular formula is C14H18N2O2S2. The summed E-state index contributed by atoms with van der Waals surface area (Å²) >= 11 is 5.61. The van der Waals surface area contributed by atoms with Crippen molar-refractivity contribution in [2.45, 2.75) is 13.8 Å². The molecule has 1 N–H and O–H groups in total. The Hall–Kier alpha value is -1.40. The maximum atomic E-state index is 12.0. The molecule has 0 atom stereocenters. The number of allylic oxidation sites excluding steroid dienone is 1. The molecule has 0 saturated carbocycles. The van der Waals surface area contributed by atoms with Gasteiger partial charge in [-0.25, -0.2) is 9.79 Å². The molecule has 1 rings (SSSR count). The van der Waals surface area contributed by atoms with Crippen LogP contribution in [0.25, 0.3) is 0 Å². The lowest BCUT2D eigenvalue weighted by Gasteiger charge is -2.12. The van der Waals surface area contributed by atoms with E-state index in [0.29, 0.717) is 22.4 Å². The second-order valence-corrected chi connectivity index (χ2v) is 5.29. The summed E-state index contributed by atoms with van der Waals surface area (Å²) in [7, 11) is 0. The summed E-state index contributed by atoms with van der Waals surface area (Å²) in [5.41, 5.74) is 1.65. The number of hydrogen-bond acceptors (Lipinski definition) is 5. The number of hydrogen-bond donors (Lipinski definition) is 2. The van der Waals surface area contributed by atoms with Crippen LogP contribution in [0.3, 0.4) is 0 Å². The molecule has 0 aromatic heterocycles. The van der Waals surface area contributed by atoms with Gasteiger partial charge in [0.15, 0.2) is 0 Å². The highest BCUT2D eigenvalue weighted by Crippen LogP contribution is 2.16. The maximum absolute atomic E-state index is 12.0. The van der Waals surface area contributed by atoms with Crippen LogP contribution in [0.5, 0.6) is 0 Å². The van der Waals surface area contributed by atoms with Gasteiger partial charge in [0.25, 0.3) is 0 Å². The number of aliphatic imine (C=N–C) groups is 1. The van der Waals surface area contributed by atoms with Crippen molar-refractivity contribution < 1.29 is 9.53 Å². The maximum Gasteiger partial charge on any atom is 0.356 e. The number of rotatable bonds is 5. The minimum atomic E-state index is -0.431. The lowest BCUT2D eigenvalue weighted by atomic mass is 10.3. The van der Waals surface area contributed by atoms with E-state index < -0.39 is 5.97 Å². The highest BCUT2D eigenvalue weighted by Gasteiger charge is 2.14. The van der Waals surface area contributed by atoms with E-state index in [1.165, 1.54) is 11.8 Å². The molecule has 0 unspecified atom stereocenters. The number of nitrogens with one attached hydrogen (secondary N) is 1. The first-order chi connectivity index (χ1) is 9.58. The Morgan fingerprint density at radius 3 is 2.60 bits per heavy atom. The summed E-state index contributed by atoms with van der Waals surface area (Å²) in [6.07, 6.45) is 1.87. The smallest absolute Gasteiger partial charge is 0.356 e. The second-order valence-electron chi connectivity index (χ2n) is 3.77. The third kappa shape index (κ3) is 5.30. The van der Waals surface area contributed by atoms with Gasteiger partial charge in [-0.1, -0.05) is 18.2 Å². The highest BCUT2D eigenvalue weighted by atomic mass is 32.2. The number of carbonyl (C=O) groups is 1. The van der Waals surface area contributed by atoms with Crippen molar-refractivity contribution in [1.82, 2.24) is 0 Å². The van der Waals surface area contributed by atoms with Crippen LogP contribution in [0.15, 0.2) is 46.7 Å². The van der Waals surface area contributed by atoms with Crippen molar-refractivity contribution in [2.24, 2.45) is 4.99 Å². The van der Waals surface area contributed by atoms with E-state index in [9.17, 15) is 4.79 Å². The Balaban J connectivity index is 3.08. The number of benzene rings is 1. The zero-order chi connectivity index (χ0) is 15.0. The molecule has 108 valence electrons. The number of thioether (sulfide) groups is 1. The Bertz CT molecular complexity index is 513. The highest BCUT2D eigenvalue weighted by molar-refractivity contribution is 8.32. The van der Waals surface area contributed by atoms with Crippen LogP contribution in [-0.4, -0.2) is 23.2 Å². The number of carbonyl (C=O) groups excluding carboxylic acids is 1. The molecule has 0 spiro atoms. The van der Waals surface area contributed by atoms with Crippen molar-refractivity contribution in [3.8, 4) is 0 Å². The summed E-state index contributed by atoms with van der Waals surface area (Å²) in [6, 6.07) is 9.41. The molecule has 0 fully saturated rings. The Labute approximate surface area is 129 Å². The Kier molecular flexibility index (Phi) is 7.25. The first-order valence-corrected chi connectivity index (χ1v) is 7.77. The lowest BCUT2D eigenvalue weighted by Crippen LogP contribution is -2.16. The first-order valence-electron chi connectivity index (χ1n) is 6.10. The molecule has 0 aliphatic carbocycles.